The summed E-state index contributed by atoms with van der Waals surface area (Å²) in [4.78, 5) is 24.8. The maximum absolute atomic E-state index is 13.2. The van der Waals surface area contributed by atoms with Crippen LogP contribution < -0.4 is 15.6 Å². The Morgan fingerprint density at radius 1 is 1.03 bits per heavy atom. The second-order valence-electron chi connectivity index (χ2n) is 7.13. The Bertz CT molecular complexity index is 1490. The topological polar surface area (TPSA) is 93.9 Å². The van der Waals surface area contributed by atoms with Gasteiger partial charge in [-0.3, -0.25) is 14.7 Å². The van der Waals surface area contributed by atoms with E-state index in [0.717, 1.165) is 15.4 Å². The van der Waals surface area contributed by atoms with Crippen molar-refractivity contribution < 1.29 is 22.7 Å². The van der Waals surface area contributed by atoms with Crippen molar-refractivity contribution in [3.8, 4) is 17.3 Å². The van der Waals surface area contributed by atoms with Crippen LogP contribution in [0.1, 0.15) is 5.69 Å². The molecule has 0 aliphatic carbocycles. The fraction of sp³-hybridized carbons (Fsp3) is 0.0952. The predicted octanol–water partition coefficient (Wildman–Crippen LogP) is 6.00. The smallest absolute Gasteiger partial charge is 0.435 e. The molecule has 0 spiro atoms. The Morgan fingerprint density at radius 3 is 2.33 bits per heavy atom. The monoisotopic (exact) mass is 579 g/mol. The number of nitrogens with zero attached hydrogens (tertiary/aromatic N) is 3. The van der Waals surface area contributed by atoms with Gasteiger partial charge in [-0.15, -0.1) is 0 Å². The van der Waals surface area contributed by atoms with Crippen LogP contribution in [0, 0.1) is 0 Å². The fourth-order valence-corrected chi connectivity index (χ4v) is 4.30. The molecule has 2 aromatic carbocycles. The van der Waals surface area contributed by atoms with E-state index in [1.807, 2.05) is 0 Å². The molecule has 8 nitrogen and oxygen atoms in total. The van der Waals surface area contributed by atoms with Gasteiger partial charge in [0.2, 0.25) is 5.88 Å². The van der Waals surface area contributed by atoms with Gasteiger partial charge < -0.3 is 10.1 Å². The Hall–Kier alpha value is -3.12. The molecule has 2 N–H and O–H groups in total. The molecule has 1 amide bonds. The number of aromatic nitrogens is 4. The number of carbonyl (C=O) groups is 1. The third-order valence-corrected chi connectivity index (χ3v) is 5.71. The van der Waals surface area contributed by atoms with Crippen molar-refractivity contribution in [2.45, 2.75) is 6.18 Å². The van der Waals surface area contributed by atoms with Gasteiger partial charge in [0, 0.05) is 17.2 Å². The van der Waals surface area contributed by atoms with Crippen LogP contribution in [-0.2, 0) is 11.0 Å². The first-order valence-electron chi connectivity index (χ1n) is 9.76. The molecular formula is C21H12Cl4F3N5O3. The van der Waals surface area contributed by atoms with Gasteiger partial charge in [0.25, 0.3) is 11.5 Å². The number of hydrogen-bond donors (Lipinski definition) is 2. The van der Waals surface area contributed by atoms with Gasteiger partial charge in [0.15, 0.2) is 12.3 Å². The van der Waals surface area contributed by atoms with E-state index in [2.05, 4.69) is 15.5 Å². The van der Waals surface area contributed by atoms with Crippen LogP contribution in [0.4, 0.5) is 19.0 Å². The highest BCUT2D eigenvalue weighted by molar-refractivity contribution is 6.40. The summed E-state index contributed by atoms with van der Waals surface area (Å²) in [6.07, 6.45) is -4.76. The van der Waals surface area contributed by atoms with Crippen molar-refractivity contribution >= 4 is 58.1 Å². The van der Waals surface area contributed by atoms with E-state index in [0.29, 0.717) is 6.07 Å². The van der Waals surface area contributed by atoms with E-state index in [-0.39, 0.29) is 43.2 Å². The lowest BCUT2D eigenvalue weighted by molar-refractivity contribution is -0.141. The van der Waals surface area contributed by atoms with Gasteiger partial charge in [-0.05, 0) is 24.3 Å². The molecule has 2 heterocycles. The molecule has 0 radical (unpaired) electrons. The maximum Gasteiger partial charge on any atom is 0.435 e. The number of carbonyl (C=O) groups excluding carboxylic acids is 1. The van der Waals surface area contributed by atoms with E-state index >= 15 is 0 Å². The minimum absolute atomic E-state index is 0.0497. The number of amides is 1. The molecule has 0 saturated heterocycles. The van der Waals surface area contributed by atoms with Gasteiger partial charge in [-0.1, -0.05) is 58.5 Å². The molecule has 4 aromatic rings. The number of anilines is 1. The van der Waals surface area contributed by atoms with E-state index in [4.69, 9.17) is 51.1 Å². The molecule has 0 bridgehead atoms. The highest BCUT2D eigenvalue weighted by Gasteiger charge is 2.36. The molecule has 0 aliphatic heterocycles. The molecule has 4 rings (SSSR count). The van der Waals surface area contributed by atoms with Crippen molar-refractivity contribution in [1.29, 1.82) is 0 Å². The van der Waals surface area contributed by atoms with Crippen LogP contribution in [0.2, 0.25) is 20.1 Å². The maximum atomic E-state index is 13.2. The number of rotatable bonds is 6. The zero-order valence-corrected chi connectivity index (χ0v) is 20.6. The van der Waals surface area contributed by atoms with Crippen LogP contribution in [0.25, 0.3) is 11.4 Å². The largest absolute Gasteiger partial charge is 0.467 e. The summed E-state index contributed by atoms with van der Waals surface area (Å²) < 4.78 is 46.8. The molecule has 0 atom stereocenters. The zero-order valence-electron chi connectivity index (χ0n) is 17.5. The van der Waals surface area contributed by atoms with Gasteiger partial charge in [-0.25, -0.2) is 4.68 Å². The van der Waals surface area contributed by atoms with Gasteiger partial charge in [0.05, 0.1) is 20.8 Å². The number of ether oxygens (including phenoxy) is 1. The van der Waals surface area contributed by atoms with Crippen molar-refractivity contribution in [3.05, 3.63) is 84.7 Å². The summed E-state index contributed by atoms with van der Waals surface area (Å²) in [6, 6.07) is 10.5. The summed E-state index contributed by atoms with van der Waals surface area (Å²) in [7, 11) is 0. The number of halogens is 7. The molecule has 36 heavy (non-hydrogen) atoms. The molecule has 0 saturated carbocycles. The van der Waals surface area contributed by atoms with Crippen LogP contribution in [0.5, 0.6) is 5.88 Å². The Labute approximate surface area is 220 Å². The minimum Gasteiger partial charge on any atom is -0.467 e. The molecular weight excluding hydrogens is 569 g/mol. The first kappa shape index (κ1) is 26.0. The lowest BCUT2D eigenvalue weighted by atomic mass is 10.3. The molecule has 0 aliphatic rings. The minimum atomic E-state index is -4.76. The Kier molecular flexibility index (Phi) is 7.28. The second kappa shape index (κ2) is 10.1. The van der Waals surface area contributed by atoms with Crippen molar-refractivity contribution in [3.63, 3.8) is 0 Å². The fourth-order valence-electron chi connectivity index (χ4n) is 3.10. The summed E-state index contributed by atoms with van der Waals surface area (Å²) in [6.45, 7) is -0.719. The summed E-state index contributed by atoms with van der Waals surface area (Å²) >= 11 is 24.2. The first-order valence-corrected chi connectivity index (χ1v) is 11.3. The van der Waals surface area contributed by atoms with Crippen LogP contribution in [-0.4, -0.2) is 32.1 Å². The number of aromatic amines is 1. The number of H-pyrrole nitrogens is 1. The van der Waals surface area contributed by atoms with Gasteiger partial charge in [0.1, 0.15) is 11.5 Å². The van der Waals surface area contributed by atoms with Crippen LogP contribution >= 0.6 is 46.4 Å². The van der Waals surface area contributed by atoms with E-state index in [1.165, 1.54) is 24.3 Å². The molecule has 0 unspecified atom stereocenters. The zero-order chi connectivity index (χ0) is 26.2. The number of benzene rings is 2. The number of para-hydroxylation sites is 1. The van der Waals surface area contributed by atoms with E-state index in [1.54, 1.807) is 12.1 Å². The van der Waals surface area contributed by atoms with Crippen LogP contribution in [0.3, 0.4) is 0 Å². The Balaban J connectivity index is 1.54. The number of nitrogens with one attached hydrogen (secondary N) is 2. The quantitative estimate of drug-likeness (QED) is 0.292. The molecule has 15 heteroatoms. The summed E-state index contributed by atoms with van der Waals surface area (Å²) in [5.41, 5.74) is -1.63. The summed E-state index contributed by atoms with van der Waals surface area (Å²) in [5.74, 6) is -1.22. The third-order valence-electron chi connectivity index (χ3n) is 4.60. The molecule has 0 fully saturated rings. The van der Waals surface area contributed by atoms with Gasteiger partial charge in [-0.2, -0.15) is 23.0 Å². The number of alkyl halides is 3. The normalized spacial score (nSPS) is 11.5. The average molecular weight is 581 g/mol. The Morgan fingerprint density at radius 2 is 1.69 bits per heavy atom. The van der Waals surface area contributed by atoms with Crippen LogP contribution in [0.15, 0.2) is 53.3 Å². The highest BCUT2D eigenvalue weighted by atomic mass is 35.5. The second-order valence-corrected chi connectivity index (χ2v) is 8.79. The first-order chi connectivity index (χ1) is 16.9. The van der Waals surface area contributed by atoms with Crippen molar-refractivity contribution in [2.75, 3.05) is 11.9 Å². The lowest BCUT2D eigenvalue weighted by Gasteiger charge is -2.10. The summed E-state index contributed by atoms with van der Waals surface area (Å²) in [5, 5.41) is 9.02. The standard InChI is InChI=1S/C21H12Cl4F3N5O3/c22-10-5-12(24)20(13(25)6-10)33-18(35)8-16(31-33)29-17(34)9-36-19-7-15(21(26,27)28)30-32(19)14-4-2-1-3-11(14)23/h1-8,31H,9H2,(H,29,34). The average Bonchev–Trinajstić information content (AvgIpc) is 3.35. The van der Waals surface area contributed by atoms with Gasteiger partial charge >= 0.3 is 6.18 Å². The lowest BCUT2D eigenvalue weighted by Crippen LogP contribution is -2.21. The molecule has 188 valence electrons. The van der Waals surface area contributed by atoms with Crippen molar-refractivity contribution in [1.82, 2.24) is 19.6 Å². The predicted molar refractivity (Wildman–Crippen MR) is 129 cm³/mol. The van der Waals surface area contributed by atoms with E-state index in [9.17, 15) is 22.8 Å². The molecule has 2 aromatic heterocycles. The number of hydrogen-bond acceptors (Lipinski definition) is 4. The van der Waals surface area contributed by atoms with E-state index < -0.39 is 29.9 Å². The highest BCUT2D eigenvalue weighted by Crippen LogP contribution is 2.34. The third kappa shape index (κ3) is 5.49. The van der Waals surface area contributed by atoms with Crippen molar-refractivity contribution in [2.24, 2.45) is 0 Å². The SMILES string of the molecule is O=C(COc1cc(C(F)(F)F)nn1-c1ccccc1Cl)Nc1cc(=O)n(-c2c(Cl)cc(Cl)cc2Cl)[nH]1.